The number of benzene rings is 3. The molecule has 0 aliphatic carbocycles. The molecule has 140 valence electrons. The summed E-state index contributed by atoms with van der Waals surface area (Å²) in [4.78, 5) is 0. The van der Waals surface area contributed by atoms with Crippen LogP contribution in [-0.4, -0.2) is 14.8 Å². The van der Waals surface area contributed by atoms with Gasteiger partial charge in [0, 0.05) is 11.4 Å². The molecular formula is C22H18ClN3OS. The predicted molar refractivity (Wildman–Crippen MR) is 113 cm³/mol. The molecular weight excluding hydrogens is 390 g/mol. The van der Waals surface area contributed by atoms with E-state index in [9.17, 15) is 0 Å². The van der Waals surface area contributed by atoms with Crippen LogP contribution in [0, 0.1) is 0 Å². The molecule has 0 fully saturated rings. The molecule has 0 aliphatic heterocycles. The maximum Gasteiger partial charge on any atom is 0.196 e. The lowest BCUT2D eigenvalue weighted by Gasteiger charge is -2.11. The Morgan fingerprint density at radius 1 is 0.821 bits per heavy atom. The van der Waals surface area contributed by atoms with Gasteiger partial charge in [-0.25, -0.2) is 0 Å². The highest BCUT2D eigenvalue weighted by Gasteiger charge is 2.15. The fourth-order valence-electron chi connectivity index (χ4n) is 2.75. The molecule has 0 atom stereocenters. The van der Waals surface area contributed by atoms with Crippen molar-refractivity contribution >= 4 is 23.4 Å². The maximum atomic E-state index is 6.20. The lowest BCUT2D eigenvalue weighted by atomic mass is 10.2. The first-order valence-corrected chi connectivity index (χ1v) is 10.2. The smallest absolute Gasteiger partial charge is 0.196 e. The van der Waals surface area contributed by atoms with E-state index in [1.165, 1.54) is 5.56 Å². The maximum absolute atomic E-state index is 6.20. The summed E-state index contributed by atoms with van der Waals surface area (Å²) in [5.41, 5.74) is 2.24. The molecule has 0 unspecified atom stereocenters. The number of ether oxygens (including phenoxy) is 1. The Bertz CT molecular complexity index is 1040. The van der Waals surface area contributed by atoms with Crippen molar-refractivity contribution in [2.24, 2.45) is 0 Å². The van der Waals surface area contributed by atoms with E-state index in [0.29, 0.717) is 10.8 Å². The molecule has 1 aromatic heterocycles. The van der Waals surface area contributed by atoms with Gasteiger partial charge < -0.3 is 4.74 Å². The van der Waals surface area contributed by atoms with Gasteiger partial charge in [-0.15, -0.1) is 10.2 Å². The van der Waals surface area contributed by atoms with Crippen molar-refractivity contribution in [2.45, 2.75) is 17.5 Å². The normalized spacial score (nSPS) is 10.8. The summed E-state index contributed by atoms with van der Waals surface area (Å²) in [6.07, 6.45) is 0. The van der Waals surface area contributed by atoms with Crippen molar-refractivity contribution in [3.05, 3.63) is 101 Å². The molecule has 4 rings (SSSR count). The summed E-state index contributed by atoms with van der Waals surface area (Å²) in [5, 5.41) is 10.2. The molecule has 1 heterocycles. The Hall–Kier alpha value is -2.76. The van der Waals surface area contributed by atoms with Crippen LogP contribution in [0.1, 0.15) is 11.4 Å². The van der Waals surface area contributed by atoms with Crippen LogP contribution in [0.2, 0.25) is 5.02 Å². The monoisotopic (exact) mass is 407 g/mol. The van der Waals surface area contributed by atoms with E-state index in [2.05, 4.69) is 22.3 Å². The van der Waals surface area contributed by atoms with Gasteiger partial charge in [-0.1, -0.05) is 84.0 Å². The molecule has 6 heteroatoms. The summed E-state index contributed by atoms with van der Waals surface area (Å²) < 4.78 is 7.93. The van der Waals surface area contributed by atoms with Crippen molar-refractivity contribution < 1.29 is 4.74 Å². The minimum absolute atomic E-state index is 0.275. The highest BCUT2D eigenvalue weighted by molar-refractivity contribution is 7.98. The average Bonchev–Trinajstić information content (AvgIpc) is 3.16. The van der Waals surface area contributed by atoms with Gasteiger partial charge in [0.1, 0.15) is 12.4 Å². The third kappa shape index (κ3) is 4.38. The minimum atomic E-state index is 0.275. The van der Waals surface area contributed by atoms with Gasteiger partial charge in [-0.05, 0) is 29.8 Å². The predicted octanol–water partition coefficient (Wildman–Crippen LogP) is 5.79. The summed E-state index contributed by atoms with van der Waals surface area (Å²) in [6.45, 7) is 0.275. The van der Waals surface area contributed by atoms with Crippen LogP contribution in [-0.2, 0) is 12.4 Å². The van der Waals surface area contributed by atoms with Gasteiger partial charge in [-0.2, -0.15) is 0 Å². The van der Waals surface area contributed by atoms with Gasteiger partial charge in [0.15, 0.2) is 11.0 Å². The highest BCUT2D eigenvalue weighted by Crippen LogP contribution is 2.27. The number of hydrogen-bond acceptors (Lipinski definition) is 4. The Morgan fingerprint density at radius 2 is 1.50 bits per heavy atom. The van der Waals surface area contributed by atoms with Crippen LogP contribution in [0.15, 0.2) is 90.1 Å². The minimum Gasteiger partial charge on any atom is -0.484 e. The highest BCUT2D eigenvalue weighted by atomic mass is 35.5. The summed E-state index contributed by atoms with van der Waals surface area (Å²) in [6, 6.07) is 27.8. The quantitative estimate of drug-likeness (QED) is 0.363. The van der Waals surface area contributed by atoms with Gasteiger partial charge in [0.05, 0.1) is 5.02 Å². The zero-order chi connectivity index (χ0) is 19.2. The fraction of sp³-hybridized carbons (Fsp3) is 0.0909. The van der Waals surface area contributed by atoms with E-state index in [1.807, 2.05) is 71.3 Å². The molecule has 0 amide bonds. The molecule has 4 aromatic rings. The van der Waals surface area contributed by atoms with E-state index in [4.69, 9.17) is 16.3 Å². The molecule has 4 nitrogen and oxygen atoms in total. The lowest BCUT2D eigenvalue weighted by Crippen LogP contribution is -2.06. The Kier molecular flexibility index (Phi) is 5.95. The number of nitrogens with zero attached hydrogens (tertiary/aromatic N) is 3. The van der Waals surface area contributed by atoms with Crippen LogP contribution in [0.4, 0.5) is 0 Å². The molecule has 3 aromatic carbocycles. The molecule has 28 heavy (non-hydrogen) atoms. The third-order valence-electron chi connectivity index (χ3n) is 4.12. The number of rotatable bonds is 7. The van der Waals surface area contributed by atoms with Gasteiger partial charge in [0.25, 0.3) is 0 Å². The van der Waals surface area contributed by atoms with E-state index in [0.717, 1.165) is 22.4 Å². The van der Waals surface area contributed by atoms with Gasteiger partial charge >= 0.3 is 0 Å². The van der Waals surface area contributed by atoms with Crippen molar-refractivity contribution in [1.29, 1.82) is 0 Å². The molecule has 0 radical (unpaired) electrons. The molecule has 0 bridgehead atoms. The molecule has 0 spiro atoms. The standard InChI is InChI=1S/C22H18ClN3OS/c23-19-13-7-8-14-20(19)27-15-21-24-25-22(26(21)18-11-5-2-6-12-18)28-16-17-9-3-1-4-10-17/h1-14H,15-16H2. The number of hydrogen-bond donors (Lipinski definition) is 0. The first kappa shape index (κ1) is 18.6. The number of aromatic nitrogens is 3. The average molecular weight is 408 g/mol. The number of thioether (sulfide) groups is 1. The van der Waals surface area contributed by atoms with Crippen molar-refractivity contribution in [2.75, 3.05) is 0 Å². The third-order valence-corrected chi connectivity index (χ3v) is 5.43. The van der Waals surface area contributed by atoms with Crippen molar-refractivity contribution in [3.63, 3.8) is 0 Å². The second-order valence-electron chi connectivity index (χ2n) is 6.06. The van der Waals surface area contributed by atoms with E-state index in [-0.39, 0.29) is 6.61 Å². The summed E-state index contributed by atoms with van der Waals surface area (Å²) in [7, 11) is 0. The summed E-state index contributed by atoms with van der Waals surface area (Å²) in [5.74, 6) is 2.17. The van der Waals surface area contributed by atoms with Crippen LogP contribution in [0.3, 0.4) is 0 Å². The van der Waals surface area contributed by atoms with Crippen LogP contribution >= 0.6 is 23.4 Å². The zero-order valence-corrected chi connectivity index (χ0v) is 16.6. The SMILES string of the molecule is Clc1ccccc1OCc1nnc(SCc2ccccc2)n1-c1ccccc1. The van der Waals surface area contributed by atoms with Gasteiger partial charge in [0.2, 0.25) is 0 Å². The first-order valence-electron chi connectivity index (χ1n) is 8.85. The van der Waals surface area contributed by atoms with Crippen LogP contribution in [0.5, 0.6) is 5.75 Å². The van der Waals surface area contributed by atoms with Crippen LogP contribution < -0.4 is 4.74 Å². The van der Waals surface area contributed by atoms with E-state index < -0.39 is 0 Å². The van der Waals surface area contributed by atoms with E-state index in [1.54, 1.807) is 17.8 Å². The molecule has 0 saturated heterocycles. The fourth-order valence-corrected chi connectivity index (χ4v) is 3.87. The second-order valence-corrected chi connectivity index (χ2v) is 7.41. The van der Waals surface area contributed by atoms with Gasteiger partial charge in [-0.3, -0.25) is 4.57 Å². The topological polar surface area (TPSA) is 39.9 Å². The van der Waals surface area contributed by atoms with Crippen molar-refractivity contribution in [3.8, 4) is 11.4 Å². The Morgan fingerprint density at radius 3 is 2.25 bits per heavy atom. The van der Waals surface area contributed by atoms with Crippen molar-refractivity contribution in [1.82, 2.24) is 14.8 Å². The zero-order valence-electron chi connectivity index (χ0n) is 15.0. The van der Waals surface area contributed by atoms with Crippen LogP contribution in [0.25, 0.3) is 5.69 Å². The van der Waals surface area contributed by atoms with E-state index >= 15 is 0 Å². The molecule has 0 N–H and O–H groups in total. The number of halogens is 1. The largest absolute Gasteiger partial charge is 0.484 e. The molecule has 0 saturated carbocycles. The lowest BCUT2D eigenvalue weighted by molar-refractivity contribution is 0.293. The Labute approximate surface area is 173 Å². The number of para-hydroxylation sites is 2. The first-order chi connectivity index (χ1) is 13.8. The summed E-state index contributed by atoms with van der Waals surface area (Å²) >= 11 is 7.85. The Balaban J connectivity index is 1.59. The molecule has 0 aliphatic rings. The second kappa shape index (κ2) is 8.95.